The van der Waals surface area contributed by atoms with Gasteiger partial charge in [-0.3, -0.25) is 0 Å². The van der Waals surface area contributed by atoms with Gasteiger partial charge in [-0.05, 0) is 22.5 Å². The van der Waals surface area contributed by atoms with Crippen LogP contribution in [0.1, 0.15) is 0 Å². The molecule has 0 aliphatic heterocycles. The molecule has 0 aromatic carbocycles. The summed E-state index contributed by atoms with van der Waals surface area (Å²) in [5.41, 5.74) is 0. The van der Waals surface area contributed by atoms with Crippen LogP contribution in [-0.2, 0) is 0 Å². The summed E-state index contributed by atoms with van der Waals surface area (Å²) in [4.78, 5) is 0. The van der Waals surface area contributed by atoms with Gasteiger partial charge in [0.25, 0.3) is 0 Å². The number of rotatable bonds is 2. The molecular formula is CHB4NNa. The Morgan fingerprint density at radius 2 is 2.14 bits per heavy atom. The zero-order valence-corrected chi connectivity index (χ0v) is 6.31. The maximum Gasteiger partial charge on any atom is 1.00 e. The van der Waals surface area contributed by atoms with E-state index in [2.05, 4.69) is 0 Å². The molecule has 0 unspecified atom stereocenters. The Labute approximate surface area is 69.9 Å². The smallest absolute Gasteiger partial charge is 0.525 e. The molecule has 0 spiro atoms. The summed E-state index contributed by atoms with van der Waals surface area (Å²) >= 11 is 0. The first kappa shape index (κ1) is 10.8. The van der Waals surface area contributed by atoms with Crippen LogP contribution in [0.3, 0.4) is 0 Å². The first-order valence-corrected chi connectivity index (χ1v) is 1.54. The Morgan fingerprint density at radius 1 is 1.71 bits per heavy atom. The van der Waals surface area contributed by atoms with Crippen LogP contribution in [0.25, 0.3) is 0 Å². The minimum Gasteiger partial charge on any atom is -0.525 e. The number of hydrogen-bond acceptors (Lipinski definition) is 1. The second-order valence-corrected chi connectivity index (χ2v) is 0.863. The summed E-state index contributed by atoms with van der Waals surface area (Å²) < 4.78 is 0. The molecule has 0 bridgehead atoms. The largest absolute Gasteiger partial charge is 1.00 e. The molecule has 0 aliphatic carbocycles. The topological polar surface area (TPSA) is 23.9 Å². The molecule has 7 heavy (non-hydrogen) atoms. The summed E-state index contributed by atoms with van der Waals surface area (Å²) in [5, 5.41) is 6.32. The summed E-state index contributed by atoms with van der Waals surface area (Å²) in [5.74, 6) is 0. The normalized spacial score (nSPS) is 5.71. The van der Waals surface area contributed by atoms with Gasteiger partial charge < -0.3 is 11.5 Å². The SMILES string of the molecule is [B][B]B([B])[C-]=N.[Na+]. The van der Waals surface area contributed by atoms with Crippen molar-refractivity contribution in [2.45, 2.75) is 0 Å². The molecule has 0 fully saturated rings. The van der Waals surface area contributed by atoms with Crippen LogP contribution in [-0.4, -0.2) is 35.1 Å². The first-order chi connectivity index (χ1) is 2.81. The molecule has 0 heterocycles. The van der Waals surface area contributed by atoms with Gasteiger partial charge in [0.15, 0.2) is 0 Å². The molecule has 6 heteroatoms. The average Bonchev–Trinajstić information content (AvgIpc) is 1.65. The summed E-state index contributed by atoms with van der Waals surface area (Å²) in [7, 11) is 11.0. The first-order valence-electron chi connectivity index (χ1n) is 1.54. The maximum absolute atomic E-state index is 6.32. The number of nitrogens with one attached hydrogen (secondary N) is 1. The van der Waals surface area contributed by atoms with Crippen molar-refractivity contribution < 1.29 is 29.6 Å². The molecule has 1 nitrogen and oxygen atoms in total. The van der Waals surface area contributed by atoms with Crippen molar-refractivity contribution in [3.63, 3.8) is 0 Å². The zero-order valence-electron chi connectivity index (χ0n) is 4.31. The molecule has 0 aliphatic rings. The Bertz CT molecular complexity index is 49.0. The fraction of sp³-hybridized carbons (Fsp3) is 0. The summed E-state index contributed by atoms with van der Waals surface area (Å²) in [6.07, 6.45) is 1.96. The number of hydrogen-bond donors (Lipinski definition) is 1. The third-order valence-corrected chi connectivity index (χ3v) is 0.374. The van der Waals surface area contributed by atoms with Gasteiger partial charge in [-0.2, -0.15) is 0 Å². The van der Waals surface area contributed by atoms with E-state index in [0.717, 1.165) is 0 Å². The minimum absolute atomic E-state index is 0. The van der Waals surface area contributed by atoms with E-state index in [0.29, 0.717) is 0 Å². The van der Waals surface area contributed by atoms with Crippen LogP contribution in [0, 0.1) is 5.41 Å². The third-order valence-electron chi connectivity index (χ3n) is 0.374. The van der Waals surface area contributed by atoms with Crippen molar-refractivity contribution in [1.82, 2.24) is 0 Å². The molecule has 1 N–H and O–H groups in total. The van der Waals surface area contributed by atoms with E-state index >= 15 is 0 Å². The van der Waals surface area contributed by atoms with E-state index in [-0.39, 0.29) is 29.6 Å². The molecule has 0 atom stereocenters. The van der Waals surface area contributed by atoms with Crippen LogP contribution in [0.5, 0.6) is 0 Å². The predicted molar refractivity (Wildman–Crippen MR) is 30.7 cm³/mol. The van der Waals surface area contributed by atoms with Crippen molar-refractivity contribution >= 4 is 35.1 Å². The quantitative estimate of drug-likeness (QED) is 0.202. The van der Waals surface area contributed by atoms with Crippen molar-refractivity contribution in [3.8, 4) is 0 Å². The van der Waals surface area contributed by atoms with Crippen LogP contribution in [0.2, 0.25) is 0 Å². The average molecular weight is 93.3 g/mol. The van der Waals surface area contributed by atoms with Gasteiger partial charge in [0, 0.05) is 0 Å². The van der Waals surface area contributed by atoms with E-state index in [1.165, 1.54) is 7.06 Å². The van der Waals surface area contributed by atoms with Gasteiger partial charge in [-0.15, -0.1) is 6.49 Å². The van der Waals surface area contributed by atoms with Gasteiger partial charge in [-0.1, -0.05) is 0 Å². The summed E-state index contributed by atoms with van der Waals surface area (Å²) in [6, 6.07) is 0. The van der Waals surface area contributed by atoms with E-state index in [1.807, 2.05) is 6.11 Å². The fourth-order valence-electron chi connectivity index (χ4n) is 0.0481. The van der Waals surface area contributed by atoms with E-state index in [9.17, 15) is 0 Å². The van der Waals surface area contributed by atoms with E-state index in [1.54, 1.807) is 0 Å². The second-order valence-electron chi connectivity index (χ2n) is 0.863. The molecule has 0 aromatic rings. The summed E-state index contributed by atoms with van der Waals surface area (Å²) in [6.45, 7) is -0.495. The monoisotopic (exact) mass is 94.0 g/mol. The fourth-order valence-corrected chi connectivity index (χ4v) is 0.0481. The van der Waals surface area contributed by atoms with Crippen molar-refractivity contribution in [1.29, 1.82) is 5.41 Å². The molecular weight excluding hydrogens is 92.3 g/mol. The van der Waals surface area contributed by atoms with Gasteiger partial charge in [0.05, 0.1) is 0 Å². The van der Waals surface area contributed by atoms with Crippen LogP contribution >= 0.6 is 0 Å². The van der Waals surface area contributed by atoms with Gasteiger partial charge >= 0.3 is 29.6 Å². The molecule has 5 radical (unpaired) electrons. The second kappa shape index (κ2) is 6.93. The predicted octanol–water partition coefficient (Wildman–Crippen LogP) is -4.50. The Hall–Kier alpha value is 0.930. The molecule has 23 valence electrons. The van der Waals surface area contributed by atoms with E-state index in [4.69, 9.17) is 20.9 Å². The van der Waals surface area contributed by atoms with Crippen LogP contribution < -0.4 is 29.6 Å². The minimum atomic E-state index is -0.495. The van der Waals surface area contributed by atoms with Crippen molar-refractivity contribution in [2.75, 3.05) is 0 Å². The van der Waals surface area contributed by atoms with Crippen molar-refractivity contribution in [3.05, 3.63) is 0 Å². The molecule has 0 rings (SSSR count). The standard InChI is InChI=1S/CHB4N.Na/c2-4-5(3)1-6;/h6H;/q-1;+1. The van der Waals surface area contributed by atoms with Crippen LogP contribution in [0.15, 0.2) is 0 Å². The van der Waals surface area contributed by atoms with Gasteiger partial charge in [0.2, 0.25) is 0 Å². The third kappa shape index (κ3) is 6.93. The van der Waals surface area contributed by atoms with Crippen LogP contribution in [0.4, 0.5) is 0 Å². The Morgan fingerprint density at radius 3 is 2.14 bits per heavy atom. The zero-order chi connectivity index (χ0) is 4.99. The van der Waals surface area contributed by atoms with E-state index < -0.39 is 6.49 Å². The Kier molecular flexibility index (Phi) is 10.7. The molecule has 0 amide bonds. The molecule has 0 saturated heterocycles. The van der Waals surface area contributed by atoms with Crippen molar-refractivity contribution in [2.24, 2.45) is 0 Å². The Balaban J connectivity index is 0. The van der Waals surface area contributed by atoms with Gasteiger partial charge in [-0.25, -0.2) is 0 Å². The van der Waals surface area contributed by atoms with Gasteiger partial charge in [0.1, 0.15) is 0 Å². The maximum atomic E-state index is 6.32. The molecule has 0 aromatic heterocycles. The molecule has 0 saturated carbocycles.